The number of amidine groups is 1. The summed E-state index contributed by atoms with van der Waals surface area (Å²) in [5, 5.41) is 10.7. The molecular formula is C19H14FN3O5S2. The molecule has 30 heavy (non-hydrogen) atoms. The molecule has 154 valence electrons. The van der Waals surface area contributed by atoms with Crippen molar-refractivity contribution in [3.63, 3.8) is 0 Å². The highest BCUT2D eigenvalue weighted by molar-refractivity contribution is 8.19. The number of nitrogens with zero attached hydrogens (tertiary/aromatic N) is 3. The van der Waals surface area contributed by atoms with Crippen LogP contribution in [0.3, 0.4) is 0 Å². The second-order valence-electron chi connectivity index (χ2n) is 5.97. The van der Waals surface area contributed by atoms with Gasteiger partial charge in [0.15, 0.2) is 5.17 Å². The minimum atomic E-state index is -4.18. The van der Waals surface area contributed by atoms with E-state index in [1.54, 1.807) is 0 Å². The van der Waals surface area contributed by atoms with E-state index in [4.69, 9.17) is 0 Å². The number of carbonyl (C=O) groups is 1. The first-order chi connectivity index (χ1) is 14.2. The molecule has 1 fully saturated rings. The van der Waals surface area contributed by atoms with Crippen molar-refractivity contribution in [3.05, 3.63) is 87.6 Å². The molecule has 2 aromatic carbocycles. The Morgan fingerprint density at radius 3 is 2.37 bits per heavy atom. The molecule has 8 nitrogen and oxygen atoms in total. The van der Waals surface area contributed by atoms with Crippen LogP contribution in [0.4, 0.5) is 10.1 Å². The van der Waals surface area contributed by atoms with Crippen LogP contribution in [0.1, 0.15) is 5.56 Å². The lowest BCUT2D eigenvalue weighted by Gasteiger charge is -2.12. The van der Waals surface area contributed by atoms with Crippen molar-refractivity contribution >= 4 is 44.6 Å². The average molecular weight is 447 g/mol. The summed E-state index contributed by atoms with van der Waals surface area (Å²) in [5.74, 6) is -1.07. The second-order valence-corrected chi connectivity index (χ2v) is 8.58. The highest BCUT2D eigenvalue weighted by Gasteiger charge is 2.34. The van der Waals surface area contributed by atoms with Gasteiger partial charge in [-0.25, -0.2) is 4.39 Å². The zero-order valence-corrected chi connectivity index (χ0v) is 16.9. The van der Waals surface area contributed by atoms with Crippen LogP contribution in [0, 0.1) is 15.9 Å². The summed E-state index contributed by atoms with van der Waals surface area (Å²) in [5.41, 5.74) is 0.432. The molecule has 3 rings (SSSR count). The summed E-state index contributed by atoms with van der Waals surface area (Å²) in [6, 6.07) is 9.71. The van der Waals surface area contributed by atoms with Crippen LogP contribution < -0.4 is 0 Å². The van der Waals surface area contributed by atoms with E-state index in [0.717, 1.165) is 40.9 Å². The van der Waals surface area contributed by atoms with Gasteiger partial charge in [-0.3, -0.25) is 19.8 Å². The average Bonchev–Trinajstić information content (AvgIpc) is 2.97. The molecule has 0 radical (unpaired) electrons. The Morgan fingerprint density at radius 2 is 1.80 bits per heavy atom. The molecule has 0 spiro atoms. The zero-order chi connectivity index (χ0) is 21.9. The Hall–Kier alpha value is -3.31. The maximum atomic E-state index is 13.1. The van der Waals surface area contributed by atoms with Crippen LogP contribution in [0.5, 0.6) is 0 Å². The molecule has 11 heteroatoms. The van der Waals surface area contributed by atoms with Crippen LogP contribution in [0.2, 0.25) is 0 Å². The Kier molecular flexibility index (Phi) is 6.13. The van der Waals surface area contributed by atoms with Crippen LogP contribution in [-0.2, 0) is 14.8 Å². The predicted octanol–water partition coefficient (Wildman–Crippen LogP) is 3.58. The number of nitro benzene ring substituents is 1. The molecule has 0 N–H and O–H groups in total. The van der Waals surface area contributed by atoms with Gasteiger partial charge >= 0.3 is 0 Å². The number of non-ortho nitro benzene ring substituents is 1. The van der Waals surface area contributed by atoms with Gasteiger partial charge in [-0.05, 0) is 59.8 Å². The minimum Gasteiger partial charge on any atom is -0.282 e. The molecule has 0 aliphatic carbocycles. The molecule has 1 saturated heterocycles. The van der Waals surface area contributed by atoms with Crippen molar-refractivity contribution in [1.29, 1.82) is 0 Å². The molecular weight excluding hydrogens is 433 g/mol. The SMILES string of the molecule is C=CCN1C(=O)/C(=C/c2ccc([N+](=O)[O-])cc2)SC1=NS(=O)(=O)c1ccc(F)cc1. The Labute approximate surface area is 175 Å². The second kappa shape index (κ2) is 8.59. The number of nitro groups is 1. The molecule has 2 aromatic rings. The van der Waals surface area contributed by atoms with Crippen molar-refractivity contribution in [2.45, 2.75) is 4.90 Å². The van der Waals surface area contributed by atoms with E-state index in [1.807, 2.05) is 0 Å². The highest BCUT2D eigenvalue weighted by atomic mass is 32.2. The Bertz CT molecular complexity index is 1170. The van der Waals surface area contributed by atoms with E-state index in [9.17, 15) is 27.7 Å². The van der Waals surface area contributed by atoms with Gasteiger partial charge in [-0.15, -0.1) is 11.0 Å². The van der Waals surface area contributed by atoms with Gasteiger partial charge < -0.3 is 0 Å². The summed E-state index contributed by atoms with van der Waals surface area (Å²) in [6.07, 6.45) is 2.91. The van der Waals surface area contributed by atoms with Crippen molar-refractivity contribution < 1.29 is 22.5 Å². The van der Waals surface area contributed by atoms with Crippen molar-refractivity contribution in [3.8, 4) is 0 Å². The summed E-state index contributed by atoms with van der Waals surface area (Å²) < 4.78 is 41.9. The van der Waals surface area contributed by atoms with Gasteiger partial charge in [0, 0.05) is 18.7 Å². The number of amides is 1. The number of rotatable bonds is 6. The lowest BCUT2D eigenvalue weighted by atomic mass is 10.2. The molecule has 0 unspecified atom stereocenters. The third-order valence-electron chi connectivity index (χ3n) is 3.91. The lowest BCUT2D eigenvalue weighted by molar-refractivity contribution is -0.384. The molecule has 1 amide bonds. The minimum absolute atomic E-state index is 0.0290. The molecule has 1 heterocycles. The van der Waals surface area contributed by atoms with Crippen LogP contribution in [-0.4, -0.2) is 35.9 Å². The van der Waals surface area contributed by atoms with E-state index in [-0.39, 0.29) is 27.2 Å². The lowest BCUT2D eigenvalue weighted by Crippen LogP contribution is -2.29. The van der Waals surface area contributed by atoms with Crippen LogP contribution >= 0.6 is 11.8 Å². The standard InChI is InChI=1S/C19H14FN3O5S2/c1-2-11-22-18(24)17(12-13-3-7-15(8-4-13)23(25)26)29-19(22)21-30(27,28)16-9-5-14(20)6-10-16/h2-10,12H,1,11H2/b17-12-,21-19?. The number of sulfonamides is 1. The Balaban J connectivity index is 1.96. The van der Waals surface area contributed by atoms with Gasteiger partial charge in [0.05, 0.1) is 14.7 Å². The predicted molar refractivity (Wildman–Crippen MR) is 112 cm³/mol. The fourth-order valence-corrected chi connectivity index (χ4v) is 4.66. The summed E-state index contributed by atoms with van der Waals surface area (Å²) in [7, 11) is -4.18. The van der Waals surface area contributed by atoms with E-state index in [1.165, 1.54) is 36.4 Å². The summed E-state index contributed by atoms with van der Waals surface area (Å²) in [4.78, 5) is 24.1. The monoisotopic (exact) mass is 447 g/mol. The zero-order valence-electron chi connectivity index (χ0n) is 15.3. The first-order valence-corrected chi connectivity index (χ1v) is 10.6. The van der Waals surface area contributed by atoms with E-state index < -0.39 is 26.7 Å². The van der Waals surface area contributed by atoms with Crippen molar-refractivity contribution in [2.24, 2.45) is 4.40 Å². The molecule has 0 atom stereocenters. The first kappa shape index (κ1) is 21.4. The fraction of sp³-hybridized carbons (Fsp3) is 0.0526. The van der Waals surface area contributed by atoms with Crippen molar-refractivity contribution in [2.75, 3.05) is 6.54 Å². The summed E-state index contributed by atoms with van der Waals surface area (Å²) >= 11 is 0.849. The molecule has 0 saturated carbocycles. The number of carbonyl (C=O) groups excluding carboxylic acids is 1. The number of benzene rings is 2. The number of halogens is 1. The smallest absolute Gasteiger partial charge is 0.282 e. The third kappa shape index (κ3) is 4.63. The summed E-state index contributed by atoms with van der Waals surface area (Å²) in [6.45, 7) is 3.59. The van der Waals surface area contributed by atoms with Crippen LogP contribution in [0.25, 0.3) is 6.08 Å². The fourth-order valence-electron chi connectivity index (χ4n) is 2.47. The number of hydrogen-bond acceptors (Lipinski definition) is 6. The highest BCUT2D eigenvalue weighted by Crippen LogP contribution is 2.34. The van der Waals surface area contributed by atoms with Crippen LogP contribution in [0.15, 0.2) is 75.4 Å². The number of thioether (sulfide) groups is 1. The normalized spacial score (nSPS) is 17.0. The van der Waals surface area contributed by atoms with Gasteiger partial charge in [0.25, 0.3) is 21.6 Å². The quantitative estimate of drug-likeness (QED) is 0.290. The molecule has 0 bridgehead atoms. The van der Waals surface area contributed by atoms with E-state index >= 15 is 0 Å². The van der Waals surface area contributed by atoms with E-state index in [0.29, 0.717) is 5.56 Å². The first-order valence-electron chi connectivity index (χ1n) is 8.38. The third-order valence-corrected chi connectivity index (χ3v) is 6.31. The molecule has 1 aliphatic heterocycles. The largest absolute Gasteiger partial charge is 0.284 e. The van der Waals surface area contributed by atoms with Gasteiger partial charge in [0.1, 0.15) is 5.82 Å². The Morgan fingerprint density at radius 1 is 1.17 bits per heavy atom. The van der Waals surface area contributed by atoms with Gasteiger partial charge in [-0.1, -0.05) is 6.08 Å². The topological polar surface area (TPSA) is 110 Å². The van der Waals surface area contributed by atoms with Gasteiger partial charge in [-0.2, -0.15) is 8.42 Å². The molecule has 0 aromatic heterocycles. The van der Waals surface area contributed by atoms with E-state index in [2.05, 4.69) is 11.0 Å². The number of hydrogen-bond donors (Lipinski definition) is 0. The van der Waals surface area contributed by atoms with Gasteiger partial charge in [0.2, 0.25) is 0 Å². The maximum Gasteiger partial charge on any atom is 0.284 e. The van der Waals surface area contributed by atoms with Crippen molar-refractivity contribution in [1.82, 2.24) is 4.90 Å². The maximum absolute atomic E-state index is 13.1. The molecule has 1 aliphatic rings.